The van der Waals surface area contributed by atoms with E-state index in [4.69, 9.17) is 18.9 Å². The summed E-state index contributed by atoms with van der Waals surface area (Å²) in [4.78, 5) is 12.9. The summed E-state index contributed by atoms with van der Waals surface area (Å²) in [7, 11) is 3.14. The second kappa shape index (κ2) is 7.39. The highest BCUT2D eigenvalue weighted by molar-refractivity contribution is 5.95. The Labute approximate surface area is 158 Å². The number of fused-ring (bicyclic) bond motifs is 2. The summed E-state index contributed by atoms with van der Waals surface area (Å²) in [5.41, 5.74) is 2.82. The minimum Gasteiger partial charge on any atom is -0.497 e. The smallest absolute Gasteiger partial charge is 0.252 e. The lowest BCUT2D eigenvalue weighted by Crippen LogP contribution is -2.31. The molecule has 0 radical (unpaired) electrons. The third-order valence-electron chi connectivity index (χ3n) is 5.04. The van der Waals surface area contributed by atoms with Crippen LogP contribution in [-0.2, 0) is 6.42 Å². The molecule has 1 unspecified atom stereocenters. The van der Waals surface area contributed by atoms with Gasteiger partial charge in [-0.3, -0.25) is 4.79 Å². The average Bonchev–Trinajstić information content (AvgIpc) is 2.72. The first-order valence-corrected chi connectivity index (χ1v) is 9.14. The lowest BCUT2D eigenvalue weighted by Gasteiger charge is -2.29. The molecule has 4 rings (SSSR count). The first-order chi connectivity index (χ1) is 13.2. The molecule has 1 N–H and O–H groups in total. The summed E-state index contributed by atoms with van der Waals surface area (Å²) in [6.07, 6.45) is 2.88. The zero-order chi connectivity index (χ0) is 18.8. The number of rotatable bonds is 4. The molecule has 1 atom stereocenters. The highest BCUT2D eigenvalue weighted by atomic mass is 16.6. The Balaban J connectivity index is 1.60. The molecule has 27 heavy (non-hydrogen) atoms. The van der Waals surface area contributed by atoms with Crippen LogP contribution < -0.4 is 24.3 Å². The van der Waals surface area contributed by atoms with Crippen LogP contribution in [0.2, 0.25) is 0 Å². The fraction of sp³-hybridized carbons (Fsp3) is 0.381. The van der Waals surface area contributed by atoms with Gasteiger partial charge in [0.25, 0.3) is 5.91 Å². The van der Waals surface area contributed by atoms with Crippen LogP contribution in [0.15, 0.2) is 30.3 Å². The van der Waals surface area contributed by atoms with Crippen LogP contribution in [0.3, 0.4) is 0 Å². The molecule has 0 saturated carbocycles. The van der Waals surface area contributed by atoms with Gasteiger partial charge in [0, 0.05) is 11.6 Å². The van der Waals surface area contributed by atoms with Crippen molar-refractivity contribution in [3.05, 3.63) is 47.0 Å². The summed E-state index contributed by atoms with van der Waals surface area (Å²) < 4.78 is 21.9. The van der Waals surface area contributed by atoms with E-state index in [0.29, 0.717) is 30.3 Å². The Morgan fingerprint density at radius 2 is 1.67 bits per heavy atom. The van der Waals surface area contributed by atoms with E-state index in [2.05, 4.69) is 11.4 Å². The molecular formula is C21H23NO5. The fourth-order valence-electron chi connectivity index (χ4n) is 3.67. The molecule has 0 fully saturated rings. The summed E-state index contributed by atoms with van der Waals surface area (Å²) in [5, 5.41) is 3.15. The monoisotopic (exact) mass is 369 g/mol. The summed E-state index contributed by atoms with van der Waals surface area (Å²) >= 11 is 0. The molecule has 2 aromatic rings. The highest BCUT2D eigenvalue weighted by Crippen LogP contribution is 2.39. The summed E-state index contributed by atoms with van der Waals surface area (Å²) in [5.74, 6) is 2.57. The minimum absolute atomic E-state index is 0.0609. The molecule has 142 valence electrons. The van der Waals surface area contributed by atoms with Crippen LogP contribution in [0.4, 0.5) is 0 Å². The number of benzene rings is 2. The molecule has 1 aliphatic carbocycles. The van der Waals surface area contributed by atoms with Gasteiger partial charge in [0.2, 0.25) is 0 Å². The molecule has 0 saturated heterocycles. The van der Waals surface area contributed by atoms with Crippen molar-refractivity contribution in [2.75, 3.05) is 27.4 Å². The van der Waals surface area contributed by atoms with Crippen LogP contribution in [0.1, 0.15) is 40.4 Å². The van der Waals surface area contributed by atoms with Crippen LogP contribution in [-0.4, -0.2) is 33.3 Å². The quantitative estimate of drug-likeness (QED) is 0.896. The first kappa shape index (κ1) is 17.5. The van der Waals surface area contributed by atoms with Gasteiger partial charge in [-0.15, -0.1) is 0 Å². The number of ether oxygens (including phenoxy) is 4. The van der Waals surface area contributed by atoms with Gasteiger partial charge in [-0.2, -0.15) is 0 Å². The largest absolute Gasteiger partial charge is 0.497 e. The van der Waals surface area contributed by atoms with E-state index in [1.807, 2.05) is 6.07 Å². The van der Waals surface area contributed by atoms with Crippen molar-refractivity contribution in [1.29, 1.82) is 0 Å². The van der Waals surface area contributed by atoms with Gasteiger partial charge in [0.1, 0.15) is 24.7 Å². The predicted molar refractivity (Wildman–Crippen MR) is 100 cm³/mol. The fourth-order valence-corrected chi connectivity index (χ4v) is 3.67. The lowest BCUT2D eigenvalue weighted by atomic mass is 9.87. The number of nitrogens with one attached hydrogen (secondary N) is 1. The van der Waals surface area contributed by atoms with E-state index >= 15 is 0 Å². The average molecular weight is 369 g/mol. The van der Waals surface area contributed by atoms with Crippen molar-refractivity contribution >= 4 is 5.91 Å². The zero-order valence-electron chi connectivity index (χ0n) is 15.5. The number of amides is 1. The molecule has 2 aromatic carbocycles. The van der Waals surface area contributed by atoms with Gasteiger partial charge in [0.15, 0.2) is 11.5 Å². The van der Waals surface area contributed by atoms with Crippen molar-refractivity contribution < 1.29 is 23.7 Å². The first-order valence-electron chi connectivity index (χ1n) is 9.14. The van der Waals surface area contributed by atoms with Gasteiger partial charge < -0.3 is 24.3 Å². The van der Waals surface area contributed by atoms with Crippen LogP contribution in [0, 0.1) is 0 Å². The standard InChI is InChI=1S/C21H23NO5/c1-24-15-8-14(9-16(11-15)25-2)21(23)22-18-5-3-4-13-10-19-20(12-17(13)18)27-7-6-26-19/h8-12,18H,3-7H2,1-2H3,(H,22,23). The highest BCUT2D eigenvalue weighted by Gasteiger charge is 2.26. The summed E-state index contributed by atoms with van der Waals surface area (Å²) in [6.45, 7) is 1.12. The van der Waals surface area contributed by atoms with Gasteiger partial charge in [-0.25, -0.2) is 0 Å². The molecule has 2 aliphatic rings. The topological polar surface area (TPSA) is 66.0 Å². The number of carbonyl (C=O) groups excluding carboxylic acids is 1. The van der Waals surface area contributed by atoms with E-state index in [0.717, 1.165) is 36.3 Å². The molecule has 0 spiro atoms. The molecule has 1 aliphatic heterocycles. The third kappa shape index (κ3) is 3.52. The SMILES string of the molecule is COc1cc(OC)cc(C(=O)NC2CCCc3cc4c(cc32)OCCO4)c1. The van der Waals surface area contributed by atoms with E-state index in [-0.39, 0.29) is 11.9 Å². The Morgan fingerprint density at radius 1 is 1.00 bits per heavy atom. The number of methoxy groups -OCH3 is 2. The zero-order valence-corrected chi connectivity index (χ0v) is 15.5. The number of carbonyl (C=O) groups is 1. The molecule has 0 aromatic heterocycles. The lowest BCUT2D eigenvalue weighted by molar-refractivity contribution is 0.0931. The maximum Gasteiger partial charge on any atom is 0.252 e. The third-order valence-corrected chi connectivity index (χ3v) is 5.04. The molecule has 6 nitrogen and oxygen atoms in total. The number of aryl methyl sites for hydroxylation is 1. The molecule has 1 heterocycles. The molecule has 1 amide bonds. The van der Waals surface area contributed by atoms with Crippen molar-refractivity contribution in [3.8, 4) is 23.0 Å². The number of hydrogen-bond donors (Lipinski definition) is 1. The van der Waals surface area contributed by atoms with Gasteiger partial charge >= 0.3 is 0 Å². The summed E-state index contributed by atoms with van der Waals surface area (Å²) in [6, 6.07) is 9.18. The van der Waals surface area contributed by atoms with Crippen LogP contribution >= 0.6 is 0 Å². The van der Waals surface area contributed by atoms with Crippen molar-refractivity contribution in [1.82, 2.24) is 5.32 Å². The normalized spacial score (nSPS) is 17.6. The Kier molecular flexibility index (Phi) is 4.79. The van der Waals surface area contributed by atoms with E-state index in [1.165, 1.54) is 5.56 Å². The van der Waals surface area contributed by atoms with Gasteiger partial charge in [-0.05, 0) is 54.7 Å². The Morgan fingerprint density at radius 3 is 2.33 bits per heavy atom. The molecule has 6 heteroatoms. The second-order valence-corrected chi connectivity index (χ2v) is 6.71. The number of hydrogen-bond acceptors (Lipinski definition) is 5. The maximum absolute atomic E-state index is 12.9. The predicted octanol–water partition coefficient (Wildman–Crippen LogP) is 3.28. The maximum atomic E-state index is 12.9. The van der Waals surface area contributed by atoms with Crippen LogP contribution in [0.25, 0.3) is 0 Å². The van der Waals surface area contributed by atoms with Gasteiger partial charge in [-0.1, -0.05) is 0 Å². The van der Waals surface area contributed by atoms with Crippen molar-refractivity contribution in [2.45, 2.75) is 25.3 Å². The second-order valence-electron chi connectivity index (χ2n) is 6.71. The Bertz CT molecular complexity index is 842. The Hall–Kier alpha value is -2.89. The van der Waals surface area contributed by atoms with E-state index < -0.39 is 0 Å². The van der Waals surface area contributed by atoms with E-state index in [9.17, 15) is 4.79 Å². The minimum atomic E-state index is -0.153. The van der Waals surface area contributed by atoms with E-state index in [1.54, 1.807) is 32.4 Å². The molecular weight excluding hydrogens is 346 g/mol. The van der Waals surface area contributed by atoms with Crippen molar-refractivity contribution in [2.24, 2.45) is 0 Å². The van der Waals surface area contributed by atoms with Crippen LogP contribution in [0.5, 0.6) is 23.0 Å². The van der Waals surface area contributed by atoms with Crippen molar-refractivity contribution in [3.63, 3.8) is 0 Å². The molecule has 0 bridgehead atoms. The van der Waals surface area contributed by atoms with Gasteiger partial charge in [0.05, 0.1) is 20.3 Å².